The lowest BCUT2D eigenvalue weighted by molar-refractivity contribution is -0.185. The fourth-order valence-corrected chi connectivity index (χ4v) is 2.31. The van der Waals surface area contributed by atoms with Gasteiger partial charge in [0, 0.05) is 6.54 Å². The third-order valence-corrected chi connectivity index (χ3v) is 3.81. The molecule has 0 bridgehead atoms. The van der Waals surface area contributed by atoms with Gasteiger partial charge in [-0.25, -0.2) is 0 Å². The zero-order valence-corrected chi connectivity index (χ0v) is 9.37. The average Bonchev–Trinajstić information content (AvgIpc) is 3.00. The van der Waals surface area contributed by atoms with Gasteiger partial charge in [0.2, 0.25) is 0 Å². The van der Waals surface area contributed by atoms with Gasteiger partial charge in [-0.2, -0.15) is 13.2 Å². The number of hydrogen-bond acceptors (Lipinski definition) is 2. The van der Waals surface area contributed by atoms with Crippen molar-refractivity contribution in [2.45, 2.75) is 31.9 Å². The van der Waals surface area contributed by atoms with E-state index in [2.05, 4.69) is 10.6 Å². The van der Waals surface area contributed by atoms with Gasteiger partial charge < -0.3 is 10.6 Å². The van der Waals surface area contributed by atoms with Gasteiger partial charge in [0.1, 0.15) is 0 Å². The standard InChI is InChI=1S/C11H19F3N2/c12-11(13,14)10(3-4-10)8-16-7-9-1-5-15-6-2-9/h9,15-16H,1-8H2. The molecule has 2 N–H and O–H groups in total. The molecular weight excluding hydrogens is 217 g/mol. The smallest absolute Gasteiger partial charge is 0.317 e. The van der Waals surface area contributed by atoms with Gasteiger partial charge in [0.25, 0.3) is 0 Å². The summed E-state index contributed by atoms with van der Waals surface area (Å²) in [6.45, 7) is 2.84. The Hall–Kier alpha value is -0.290. The van der Waals surface area contributed by atoms with Crippen molar-refractivity contribution in [2.24, 2.45) is 11.3 Å². The Bertz CT molecular complexity index is 230. The molecule has 0 aromatic heterocycles. The van der Waals surface area contributed by atoms with Crippen molar-refractivity contribution in [3.63, 3.8) is 0 Å². The first-order chi connectivity index (χ1) is 7.54. The average molecular weight is 236 g/mol. The molecule has 16 heavy (non-hydrogen) atoms. The summed E-state index contributed by atoms with van der Waals surface area (Å²) in [5.74, 6) is 0.547. The van der Waals surface area contributed by atoms with Crippen LogP contribution in [0.5, 0.6) is 0 Å². The van der Waals surface area contributed by atoms with E-state index in [-0.39, 0.29) is 6.54 Å². The van der Waals surface area contributed by atoms with E-state index >= 15 is 0 Å². The van der Waals surface area contributed by atoms with E-state index in [4.69, 9.17) is 0 Å². The minimum Gasteiger partial charge on any atom is -0.317 e. The van der Waals surface area contributed by atoms with Crippen LogP contribution in [0.3, 0.4) is 0 Å². The molecule has 2 fully saturated rings. The molecule has 2 aliphatic rings. The molecular formula is C11H19F3N2. The molecule has 1 heterocycles. The molecule has 1 saturated heterocycles. The van der Waals surface area contributed by atoms with Crippen molar-refractivity contribution in [2.75, 3.05) is 26.2 Å². The van der Waals surface area contributed by atoms with Crippen molar-refractivity contribution in [3.05, 3.63) is 0 Å². The predicted octanol–water partition coefficient (Wildman–Crippen LogP) is 1.92. The molecule has 1 saturated carbocycles. The Morgan fingerprint density at radius 1 is 1.19 bits per heavy atom. The summed E-state index contributed by atoms with van der Waals surface area (Å²) < 4.78 is 37.8. The first-order valence-electron chi connectivity index (χ1n) is 6.02. The lowest BCUT2D eigenvalue weighted by atomic mass is 9.97. The van der Waals surface area contributed by atoms with Crippen LogP contribution in [0.25, 0.3) is 0 Å². The largest absolute Gasteiger partial charge is 0.395 e. The number of nitrogens with one attached hydrogen (secondary N) is 2. The summed E-state index contributed by atoms with van der Waals surface area (Å²) in [5.41, 5.74) is -1.39. The molecule has 2 nitrogen and oxygen atoms in total. The van der Waals surface area contributed by atoms with Crippen LogP contribution in [0.2, 0.25) is 0 Å². The maximum Gasteiger partial charge on any atom is 0.395 e. The second kappa shape index (κ2) is 4.53. The third-order valence-electron chi connectivity index (χ3n) is 3.81. The van der Waals surface area contributed by atoms with E-state index in [1.54, 1.807) is 0 Å². The van der Waals surface area contributed by atoms with Crippen LogP contribution in [0.1, 0.15) is 25.7 Å². The van der Waals surface area contributed by atoms with Crippen LogP contribution < -0.4 is 10.6 Å². The summed E-state index contributed by atoms with van der Waals surface area (Å²) in [4.78, 5) is 0. The fourth-order valence-electron chi connectivity index (χ4n) is 2.31. The summed E-state index contributed by atoms with van der Waals surface area (Å²) in [5, 5.41) is 6.27. The summed E-state index contributed by atoms with van der Waals surface area (Å²) in [6, 6.07) is 0. The lowest BCUT2D eigenvalue weighted by Gasteiger charge is -2.25. The van der Waals surface area contributed by atoms with Gasteiger partial charge in [0.05, 0.1) is 5.41 Å². The Morgan fingerprint density at radius 2 is 1.81 bits per heavy atom. The maximum absolute atomic E-state index is 12.6. The van der Waals surface area contributed by atoms with Crippen LogP contribution in [-0.4, -0.2) is 32.4 Å². The number of piperidine rings is 1. The Kier molecular flexibility index (Phi) is 3.45. The number of halogens is 3. The SMILES string of the molecule is FC(F)(F)C1(CNCC2CCNCC2)CC1. The number of rotatable bonds is 4. The Balaban J connectivity index is 1.68. The number of alkyl halides is 3. The van der Waals surface area contributed by atoms with Gasteiger partial charge in [-0.05, 0) is 51.2 Å². The highest BCUT2D eigenvalue weighted by molar-refractivity contribution is 5.00. The van der Waals surface area contributed by atoms with Gasteiger partial charge in [-0.1, -0.05) is 0 Å². The molecule has 0 spiro atoms. The van der Waals surface area contributed by atoms with E-state index in [1.807, 2.05) is 0 Å². The second-order valence-corrected chi connectivity index (χ2v) is 5.10. The molecule has 0 atom stereocenters. The molecule has 1 aliphatic heterocycles. The molecule has 94 valence electrons. The van der Waals surface area contributed by atoms with Crippen LogP contribution in [0.15, 0.2) is 0 Å². The van der Waals surface area contributed by atoms with Crippen molar-refractivity contribution < 1.29 is 13.2 Å². The quantitative estimate of drug-likeness (QED) is 0.779. The normalized spacial score (nSPS) is 25.7. The molecule has 1 aliphatic carbocycles. The first-order valence-corrected chi connectivity index (χ1v) is 6.02. The maximum atomic E-state index is 12.6. The van der Waals surface area contributed by atoms with Crippen molar-refractivity contribution in [3.8, 4) is 0 Å². The zero-order chi connectivity index (χ0) is 11.6. The molecule has 2 rings (SSSR count). The minimum absolute atomic E-state index is 0.112. The molecule has 5 heteroatoms. The van der Waals surface area contributed by atoms with E-state index < -0.39 is 11.6 Å². The van der Waals surface area contributed by atoms with Crippen LogP contribution in [0, 0.1) is 11.3 Å². The number of hydrogen-bond donors (Lipinski definition) is 2. The topological polar surface area (TPSA) is 24.1 Å². The van der Waals surface area contributed by atoms with Crippen molar-refractivity contribution >= 4 is 0 Å². The van der Waals surface area contributed by atoms with Gasteiger partial charge in [-0.3, -0.25) is 0 Å². The molecule has 0 aromatic rings. The second-order valence-electron chi connectivity index (χ2n) is 5.10. The van der Waals surface area contributed by atoms with Crippen LogP contribution in [0.4, 0.5) is 13.2 Å². The van der Waals surface area contributed by atoms with Gasteiger partial charge >= 0.3 is 6.18 Å². The molecule has 0 aromatic carbocycles. The Morgan fingerprint density at radius 3 is 2.31 bits per heavy atom. The zero-order valence-electron chi connectivity index (χ0n) is 9.37. The fraction of sp³-hybridized carbons (Fsp3) is 1.00. The van der Waals surface area contributed by atoms with E-state index in [0.29, 0.717) is 18.8 Å². The van der Waals surface area contributed by atoms with Crippen molar-refractivity contribution in [1.82, 2.24) is 10.6 Å². The Labute approximate surface area is 94.0 Å². The highest BCUT2D eigenvalue weighted by Gasteiger charge is 2.62. The lowest BCUT2D eigenvalue weighted by Crippen LogP contribution is -2.39. The van der Waals surface area contributed by atoms with Crippen LogP contribution >= 0.6 is 0 Å². The minimum atomic E-state index is -4.02. The highest BCUT2D eigenvalue weighted by atomic mass is 19.4. The van der Waals surface area contributed by atoms with Crippen molar-refractivity contribution in [1.29, 1.82) is 0 Å². The highest BCUT2D eigenvalue weighted by Crippen LogP contribution is 2.57. The summed E-state index contributed by atoms with van der Waals surface area (Å²) in [6.07, 6.45) is -1.27. The van der Waals surface area contributed by atoms with Crippen LogP contribution in [-0.2, 0) is 0 Å². The molecule has 0 amide bonds. The van der Waals surface area contributed by atoms with E-state index in [0.717, 1.165) is 32.5 Å². The molecule has 0 radical (unpaired) electrons. The third kappa shape index (κ3) is 2.69. The first kappa shape index (κ1) is 12.2. The molecule has 0 unspecified atom stereocenters. The summed E-state index contributed by atoms with van der Waals surface area (Å²) in [7, 11) is 0. The summed E-state index contributed by atoms with van der Waals surface area (Å²) >= 11 is 0. The van der Waals surface area contributed by atoms with E-state index in [1.165, 1.54) is 0 Å². The van der Waals surface area contributed by atoms with E-state index in [9.17, 15) is 13.2 Å². The predicted molar refractivity (Wildman–Crippen MR) is 56.2 cm³/mol. The van der Waals surface area contributed by atoms with Gasteiger partial charge in [0.15, 0.2) is 0 Å². The monoisotopic (exact) mass is 236 g/mol. The van der Waals surface area contributed by atoms with Gasteiger partial charge in [-0.15, -0.1) is 0 Å².